The number of nitrogens with zero attached hydrogens (tertiary/aromatic N) is 2. The maximum atomic E-state index is 2.41. The van der Waals surface area contributed by atoms with E-state index in [1.165, 1.54) is 93.1 Å². The number of hydrogen-bond acceptors (Lipinski definition) is 0. The molecule has 2 aromatic heterocycles. The largest absolute Gasteiger partial charge is 0.309 e. The van der Waals surface area contributed by atoms with Crippen LogP contribution < -0.4 is 0 Å². The first-order valence-corrected chi connectivity index (χ1v) is 17.9. The zero-order valence-electron chi connectivity index (χ0n) is 28.4. The molecule has 0 N–H and O–H groups in total. The van der Waals surface area contributed by atoms with Crippen molar-refractivity contribution in [3.63, 3.8) is 0 Å². The number of fused-ring (bicyclic) bond motifs is 8. The van der Waals surface area contributed by atoms with Crippen molar-refractivity contribution in [1.82, 2.24) is 9.13 Å². The Bertz CT molecular complexity index is 3070. The van der Waals surface area contributed by atoms with Crippen molar-refractivity contribution in [2.75, 3.05) is 0 Å². The number of aromatic nitrogens is 2. The summed E-state index contributed by atoms with van der Waals surface area (Å²) in [6.07, 6.45) is 0. The standard InChI is InChI=1S/C50H32N2/c1-2-16-35(17-3-1)51-47-28-13-10-21-39(47)44-32-34(29-30-48(44)51)50-42-24-6-4-22-40(42)49(41-23-5-7-25-43(41)50)33-15-14-18-36(31-33)52-45-26-11-8-19-37(45)38-20-9-12-27-46(38)52/h1-32H. The van der Waals surface area contributed by atoms with Gasteiger partial charge < -0.3 is 9.13 Å². The summed E-state index contributed by atoms with van der Waals surface area (Å²) in [5.74, 6) is 0. The zero-order valence-corrected chi connectivity index (χ0v) is 28.4. The molecule has 2 heteroatoms. The SMILES string of the molecule is c1ccc(-n2c3ccccc3c3cc(-c4c5ccccc5c(-c5cccc(-n6c7ccccc7c7ccccc76)c5)c5ccccc45)ccc32)cc1. The third-order valence-corrected chi connectivity index (χ3v) is 10.9. The summed E-state index contributed by atoms with van der Waals surface area (Å²) in [5.41, 5.74) is 12.2. The molecule has 52 heavy (non-hydrogen) atoms. The van der Waals surface area contributed by atoms with Crippen molar-refractivity contribution in [3.8, 4) is 33.6 Å². The van der Waals surface area contributed by atoms with Crippen molar-refractivity contribution in [2.45, 2.75) is 0 Å². The van der Waals surface area contributed by atoms with E-state index in [2.05, 4.69) is 203 Å². The van der Waals surface area contributed by atoms with E-state index in [-0.39, 0.29) is 0 Å². The molecule has 0 unspecified atom stereocenters. The molecule has 0 saturated carbocycles. The molecule has 11 aromatic rings. The molecule has 0 saturated heterocycles. The summed E-state index contributed by atoms with van der Waals surface area (Å²) in [6, 6.07) is 71.0. The van der Waals surface area contributed by atoms with E-state index in [0.29, 0.717) is 0 Å². The van der Waals surface area contributed by atoms with Crippen LogP contribution in [0.2, 0.25) is 0 Å². The lowest BCUT2D eigenvalue weighted by atomic mass is 9.85. The Morgan fingerprint density at radius 3 is 1.15 bits per heavy atom. The van der Waals surface area contributed by atoms with E-state index in [0.717, 1.165) is 5.69 Å². The molecule has 0 fully saturated rings. The van der Waals surface area contributed by atoms with Gasteiger partial charge >= 0.3 is 0 Å². The molecular weight excluding hydrogens is 629 g/mol. The predicted molar refractivity (Wildman–Crippen MR) is 221 cm³/mol. The minimum absolute atomic E-state index is 1.16. The summed E-state index contributed by atoms with van der Waals surface area (Å²) >= 11 is 0. The Morgan fingerprint density at radius 2 is 0.615 bits per heavy atom. The van der Waals surface area contributed by atoms with Gasteiger partial charge in [-0.15, -0.1) is 0 Å². The monoisotopic (exact) mass is 660 g/mol. The van der Waals surface area contributed by atoms with Crippen LogP contribution in [0.5, 0.6) is 0 Å². The lowest BCUT2D eigenvalue weighted by Gasteiger charge is -2.18. The molecule has 9 aromatic carbocycles. The van der Waals surface area contributed by atoms with Gasteiger partial charge in [0.15, 0.2) is 0 Å². The molecule has 0 atom stereocenters. The Hall–Kier alpha value is -6.90. The highest BCUT2D eigenvalue weighted by atomic mass is 15.0. The molecule has 0 aliphatic heterocycles. The van der Waals surface area contributed by atoms with Crippen molar-refractivity contribution >= 4 is 65.2 Å². The second-order valence-electron chi connectivity index (χ2n) is 13.7. The Balaban J connectivity index is 1.17. The van der Waals surface area contributed by atoms with Crippen LogP contribution in [0.25, 0.3) is 98.8 Å². The van der Waals surface area contributed by atoms with Crippen molar-refractivity contribution in [2.24, 2.45) is 0 Å². The van der Waals surface area contributed by atoms with Crippen LogP contribution in [-0.4, -0.2) is 9.13 Å². The van der Waals surface area contributed by atoms with Crippen LogP contribution in [0.15, 0.2) is 194 Å². The van der Waals surface area contributed by atoms with E-state index in [4.69, 9.17) is 0 Å². The number of para-hydroxylation sites is 4. The molecule has 11 rings (SSSR count). The molecule has 0 aliphatic carbocycles. The predicted octanol–water partition coefficient (Wildman–Crippen LogP) is 13.5. The quantitative estimate of drug-likeness (QED) is 0.166. The molecule has 2 heterocycles. The van der Waals surface area contributed by atoms with Gasteiger partial charge in [0.25, 0.3) is 0 Å². The van der Waals surface area contributed by atoms with Crippen LogP contribution in [-0.2, 0) is 0 Å². The van der Waals surface area contributed by atoms with Crippen molar-refractivity contribution in [1.29, 1.82) is 0 Å². The first-order valence-electron chi connectivity index (χ1n) is 17.9. The minimum atomic E-state index is 1.16. The molecular formula is C50H32N2. The van der Waals surface area contributed by atoms with Crippen molar-refractivity contribution in [3.05, 3.63) is 194 Å². The lowest BCUT2D eigenvalue weighted by molar-refractivity contribution is 1.18. The highest BCUT2D eigenvalue weighted by Crippen LogP contribution is 2.45. The summed E-state index contributed by atoms with van der Waals surface area (Å²) in [4.78, 5) is 0. The van der Waals surface area contributed by atoms with Gasteiger partial charge in [-0.2, -0.15) is 0 Å². The highest BCUT2D eigenvalue weighted by Gasteiger charge is 2.20. The molecule has 0 spiro atoms. The topological polar surface area (TPSA) is 9.86 Å². The zero-order chi connectivity index (χ0) is 34.2. The van der Waals surface area contributed by atoms with Gasteiger partial charge in [0.1, 0.15) is 0 Å². The van der Waals surface area contributed by atoms with E-state index in [1.54, 1.807) is 0 Å². The number of benzene rings is 9. The first-order chi connectivity index (χ1) is 25.8. The Morgan fingerprint density at radius 1 is 0.231 bits per heavy atom. The molecule has 0 bridgehead atoms. The van der Waals surface area contributed by atoms with Gasteiger partial charge in [0, 0.05) is 32.9 Å². The summed E-state index contributed by atoms with van der Waals surface area (Å²) < 4.78 is 4.80. The fraction of sp³-hybridized carbons (Fsp3) is 0. The highest BCUT2D eigenvalue weighted by molar-refractivity contribution is 6.22. The average molecular weight is 661 g/mol. The average Bonchev–Trinajstić information content (AvgIpc) is 3.73. The molecule has 0 amide bonds. The van der Waals surface area contributed by atoms with Gasteiger partial charge in [-0.25, -0.2) is 0 Å². The molecule has 242 valence electrons. The third kappa shape index (κ3) is 4.19. The Labute approximate surface area is 301 Å². The minimum Gasteiger partial charge on any atom is -0.309 e. The third-order valence-electron chi connectivity index (χ3n) is 10.9. The smallest absolute Gasteiger partial charge is 0.0541 e. The summed E-state index contributed by atoms with van der Waals surface area (Å²) in [7, 11) is 0. The molecule has 2 nitrogen and oxygen atoms in total. The number of rotatable bonds is 4. The van der Waals surface area contributed by atoms with Crippen LogP contribution in [0, 0.1) is 0 Å². The number of hydrogen-bond donors (Lipinski definition) is 0. The fourth-order valence-electron chi connectivity index (χ4n) is 8.74. The summed E-state index contributed by atoms with van der Waals surface area (Å²) in [6.45, 7) is 0. The second-order valence-corrected chi connectivity index (χ2v) is 13.7. The van der Waals surface area contributed by atoms with Gasteiger partial charge in [-0.3, -0.25) is 0 Å². The van der Waals surface area contributed by atoms with E-state index >= 15 is 0 Å². The van der Waals surface area contributed by atoms with Crippen LogP contribution in [0.3, 0.4) is 0 Å². The van der Waals surface area contributed by atoms with E-state index in [1.807, 2.05) is 0 Å². The maximum absolute atomic E-state index is 2.41. The fourth-order valence-corrected chi connectivity index (χ4v) is 8.74. The van der Waals surface area contributed by atoms with Gasteiger partial charge in [0.2, 0.25) is 0 Å². The lowest BCUT2D eigenvalue weighted by Crippen LogP contribution is -1.95. The van der Waals surface area contributed by atoms with Crippen LogP contribution >= 0.6 is 0 Å². The van der Waals surface area contributed by atoms with Gasteiger partial charge in [0.05, 0.1) is 22.1 Å². The van der Waals surface area contributed by atoms with Crippen LogP contribution in [0.4, 0.5) is 0 Å². The molecule has 0 aliphatic rings. The van der Waals surface area contributed by atoms with E-state index < -0.39 is 0 Å². The first kappa shape index (κ1) is 28.9. The maximum Gasteiger partial charge on any atom is 0.0541 e. The van der Waals surface area contributed by atoms with Crippen LogP contribution in [0.1, 0.15) is 0 Å². The second kappa shape index (κ2) is 11.3. The van der Waals surface area contributed by atoms with Crippen molar-refractivity contribution < 1.29 is 0 Å². The van der Waals surface area contributed by atoms with E-state index in [9.17, 15) is 0 Å². The molecule has 0 radical (unpaired) electrons. The van der Waals surface area contributed by atoms with Gasteiger partial charge in [-0.05, 0) is 98.4 Å². The summed E-state index contributed by atoms with van der Waals surface area (Å²) in [5, 5.41) is 10.1. The van der Waals surface area contributed by atoms with Gasteiger partial charge in [-0.1, -0.05) is 140 Å². The normalized spacial score (nSPS) is 11.8. The Kier molecular flexibility index (Phi) is 6.28.